The minimum Gasteiger partial charge on any atom is -0.505 e. The first-order valence-electron chi connectivity index (χ1n) is 5.67. The fraction of sp³-hybridized carbons (Fsp3) is 0.154. The van der Waals surface area contributed by atoms with E-state index in [1.807, 2.05) is 6.92 Å². The number of aromatic hydroxyl groups is 1. The molecule has 1 N–H and O–H groups in total. The molecule has 0 saturated heterocycles. The third-order valence-corrected chi connectivity index (χ3v) is 2.44. The van der Waals surface area contributed by atoms with Crippen LogP contribution in [0, 0.1) is 0 Å². The first-order valence-corrected chi connectivity index (χ1v) is 5.67. The van der Waals surface area contributed by atoms with Crippen LogP contribution in [0.15, 0.2) is 35.1 Å². The van der Waals surface area contributed by atoms with Crippen molar-refractivity contribution in [3.63, 3.8) is 0 Å². The smallest absolute Gasteiger partial charge is 0.275 e. The lowest BCUT2D eigenvalue weighted by Crippen LogP contribution is -2.21. The molecule has 0 atom stereocenters. The molecule has 0 amide bonds. The van der Waals surface area contributed by atoms with E-state index in [4.69, 9.17) is 4.74 Å². The highest BCUT2D eigenvalue weighted by molar-refractivity contribution is 5.75. The van der Waals surface area contributed by atoms with Gasteiger partial charge in [0.2, 0.25) is 0 Å². The van der Waals surface area contributed by atoms with Crippen LogP contribution >= 0.6 is 0 Å². The van der Waals surface area contributed by atoms with Crippen molar-refractivity contribution in [1.82, 2.24) is 9.78 Å². The number of hydrogen-bond donors (Lipinski definition) is 1. The van der Waals surface area contributed by atoms with Crippen LogP contribution in [0.25, 0.3) is 5.69 Å². The molecule has 0 aliphatic carbocycles. The number of aromatic nitrogens is 2. The molecule has 0 saturated carbocycles. The second-order valence-corrected chi connectivity index (χ2v) is 3.71. The maximum Gasteiger partial charge on any atom is 0.275 e. The fourth-order valence-corrected chi connectivity index (χ4v) is 1.58. The van der Waals surface area contributed by atoms with Crippen LogP contribution in [0.4, 0.5) is 0 Å². The van der Waals surface area contributed by atoms with Crippen LogP contribution in [0.1, 0.15) is 17.4 Å². The van der Waals surface area contributed by atoms with Gasteiger partial charge in [0.1, 0.15) is 5.75 Å². The average Bonchev–Trinajstić information content (AvgIpc) is 2.41. The Balaban J connectivity index is 2.46. The highest BCUT2D eigenvalue weighted by Crippen LogP contribution is 2.15. The van der Waals surface area contributed by atoms with E-state index in [-0.39, 0.29) is 5.69 Å². The third kappa shape index (κ3) is 2.62. The van der Waals surface area contributed by atoms with Crippen molar-refractivity contribution in [3.05, 3.63) is 46.4 Å². The molecule has 19 heavy (non-hydrogen) atoms. The quantitative estimate of drug-likeness (QED) is 0.834. The summed E-state index contributed by atoms with van der Waals surface area (Å²) in [7, 11) is 0. The second kappa shape index (κ2) is 5.34. The summed E-state index contributed by atoms with van der Waals surface area (Å²) in [6, 6.07) is 7.63. The standard InChI is InChI=1S/C13H12N2O4/c1-2-19-10-5-3-9(4-6-10)15-13(18)7-12(17)11(8-16)14-15/h3-8,17H,2H2,1H3. The van der Waals surface area contributed by atoms with E-state index in [9.17, 15) is 14.7 Å². The number of ether oxygens (including phenoxy) is 1. The molecule has 0 aliphatic heterocycles. The molecule has 1 aromatic carbocycles. The molecule has 6 heteroatoms. The fourth-order valence-electron chi connectivity index (χ4n) is 1.58. The molecule has 0 bridgehead atoms. The van der Waals surface area contributed by atoms with E-state index in [1.165, 1.54) is 0 Å². The Hall–Kier alpha value is -2.63. The SMILES string of the molecule is CCOc1ccc(-n2nc(C=O)c(O)cc2=O)cc1. The van der Waals surface area contributed by atoms with Gasteiger partial charge in [-0.2, -0.15) is 9.78 Å². The lowest BCUT2D eigenvalue weighted by Gasteiger charge is -2.07. The highest BCUT2D eigenvalue weighted by Gasteiger charge is 2.08. The minimum absolute atomic E-state index is 0.187. The first kappa shape index (κ1) is 12.8. The Bertz CT molecular complexity index is 647. The number of hydrogen-bond acceptors (Lipinski definition) is 5. The second-order valence-electron chi connectivity index (χ2n) is 3.71. The number of carbonyl (C=O) groups excluding carboxylic acids is 1. The Morgan fingerprint density at radius 1 is 1.37 bits per heavy atom. The summed E-state index contributed by atoms with van der Waals surface area (Å²) >= 11 is 0. The van der Waals surface area contributed by atoms with E-state index < -0.39 is 11.3 Å². The van der Waals surface area contributed by atoms with Gasteiger partial charge in [-0.1, -0.05) is 0 Å². The van der Waals surface area contributed by atoms with Gasteiger partial charge in [-0.05, 0) is 31.2 Å². The van der Waals surface area contributed by atoms with E-state index in [2.05, 4.69) is 5.10 Å². The number of carbonyl (C=O) groups is 1. The Labute approximate surface area is 108 Å². The van der Waals surface area contributed by atoms with Crippen molar-refractivity contribution in [1.29, 1.82) is 0 Å². The lowest BCUT2D eigenvalue weighted by molar-refractivity contribution is 0.111. The number of nitrogens with zero attached hydrogens (tertiary/aromatic N) is 2. The molecule has 1 aromatic heterocycles. The Morgan fingerprint density at radius 3 is 2.63 bits per heavy atom. The van der Waals surface area contributed by atoms with Crippen LogP contribution in [0.2, 0.25) is 0 Å². The van der Waals surface area contributed by atoms with Crippen molar-refractivity contribution in [2.75, 3.05) is 6.61 Å². The van der Waals surface area contributed by atoms with E-state index >= 15 is 0 Å². The summed E-state index contributed by atoms with van der Waals surface area (Å²) in [5.41, 5.74) is -0.225. The van der Waals surface area contributed by atoms with Crippen molar-refractivity contribution in [2.24, 2.45) is 0 Å². The van der Waals surface area contributed by atoms with Crippen molar-refractivity contribution >= 4 is 6.29 Å². The summed E-state index contributed by atoms with van der Waals surface area (Å²) in [5, 5.41) is 13.1. The third-order valence-electron chi connectivity index (χ3n) is 2.44. The predicted molar refractivity (Wildman–Crippen MR) is 68.1 cm³/mol. The number of aldehydes is 1. The van der Waals surface area contributed by atoms with Crippen molar-refractivity contribution in [2.45, 2.75) is 6.92 Å². The molecule has 0 unspecified atom stereocenters. The van der Waals surface area contributed by atoms with Gasteiger partial charge in [-0.25, -0.2) is 0 Å². The molecular formula is C13H12N2O4. The summed E-state index contributed by atoms with van der Waals surface area (Å²) in [5.74, 6) is 0.246. The average molecular weight is 260 g/mol. The van der Waals surface area contributed by atoms with Gasteiger partial charge in [-0.15, -0.1) is 0 Å². The molecule has 2 rings (SSSR count). The van der Waals surface area contributed by atoms with E-state index in [0.29, 0.717) is 24.3 Å². The van der Waals surface area contributed by atoms with Crippen LogP contribution in [0.5, 0.6) is 11.5 Å². The van der Waals surface area contributed by atoms with Crippen molar-refractivity contribution in [3.8, 4) is 17.2 Å². The predicted octanol–water partition coefficient (Wildman–Crippen LogP) is 1.15. The molecule has 98 valence electrons. The van der Waals surface area contributed by atoms with Gasteiger partial charge in [-0.3, -0.25) is 9.59 Å². The summed E-state index contributed by atoms with van der Waals surface area (Å²) < 4.78 is 6.33. The van der Waals surface area contributed by atoms with Crippen LogP contribution in [-0.4, -0.2) is 27.8 Å². The molecule has 6 nitrogen and oxygen atoms in total. The van der Waals surface area contributed by atoms with Crippen LogP contribution in [0.3, 0.4) is 0 Å². The zero-order valence-corrected chi connectivity index (χ0v) is 10.2. The Kier molecular flexibility index (Phi) is 3.61. The summed E-state index contributed by atoms with van der Waals surface area (Å²) in [4.78, 5) is 22.4. The normalized spacial score (nSPS) is 10.2. The van der Waals surface area contributed by atoms with Crippen molar-refractivity contribution < 1.29 is 14.6 Å². The molecule has 0 aliphatic rings. The lowest BCUT2D eigenvalue weighted by atomic mass is 10.3. The molecule has 0 radical (unpaired) electrons. The van der Waals surface area contributed by atoms with Gasteiger partial charge in [0.25, 0.3) is 5.56 Å². The zero-order valence-electron chi connectivity index (χ0n) is 10.2. The molecule has 2 aromatic rings. The number of benzene rings is 1. The van der Waals surface area contributed by atoms with E-state index in [0.717, 1.165) is 10.7 Å². The topological polar surface area (TPSA) is 81.4 Å². The number of rotatable bonds is 4. The largest absolute Gasteiger partial charge is 0.505 e. The molecule has 0 spiro atoms. The molecule has 1 heterocycles. The maximum absolute atomic E-state index is 11.7. The first-order chi connectivity index (χ1) is 9.15. The monoisotopic (exact) mass is 260 g/mol. The Morgan fingerprint density at radius 2 is 2.05 bits per heavy atom. The molecular weight excluding hydrogens is 248 g/mol. The van der Waals surface area contributed by atoms with Gasteiger partial charge in [0, 0.05) is 6.07 Å². The zero-order chi connectivity index (χ0) is 13.8. The van der Waals surface area contributed by atoms with Gasteiger partial charge in [0.15, 0.2) is 17.7 Å². The van der Waals surface area contributed by atoms with Gasteiger partial charge >= 0.3 is 0 Å². The minimum atomic E-state index is -0.521. The van der Waals surface area contributed by atoms with Gasteiger partial charge < -0.3 is 9.84 Å². The highest BCUT2D eigenvalue weighted by atomic mass is 16.5. The van der Waals surface area contributed by atoms with E-state index in [1.54, 1.807) is 24.3 Å². The van der Waals surface area contributed by atoms with Gasteiger partial charge in [0.05, 0.1) is 12.3 Å². The van der Waals surface area contributed by atoms with Crippen LogP contribution < -0.4 is 10.3 Å². The molecule has 0 fully saturated rings. The van der Waals surface area contributed by atoms with Crippen LogP contribution in [-0.2, 0) is 0 Å². The maximum atomic E-state index is 11.7. The summed E-state index contributed by atoms with van der Waals surface area (Å²) in [6.07, 6.45) is 0.389. The summed E-state index contributed by atoms with van der Waals surface area (Å²) in [6.45, 7) is 2.42.